The Morgan fingerprint density at radius 3 is 2.63 bits per heavy atom. The van der Waals surface area contributed by atoms with Crippen molar-refractivity contribution < 1.29 is 22.5 Å². The summed E-state index contributed by atoms with van der Waals surface area (Å²) in [5.74, 6) is 0.309. The number of aryl methyl sites for hydroxylation is 1. The van der Waals surface area contributed by atoms with E-state index in [-0.39, 0.29) is 28.9 Å². The average molecular weight is 417 g/mol. The van der Waals surface area contributed by atoms with Crippen LogP contribution in [0.5, 0.6) is 0 Å². The maximum atomic E-state index is 13.5. The molecule has 5 nitrogen and oxygen atoms in total. The van der Waals surface area contributed by atoms with Crippen LogP contribution in [0, 0.1) is 12.8 Å². The maximum absolute atomic E-state index is 13.5. The van der Waals surface area contributed by atoms with E-state index in [2.05, 4.69) is 10.1 Å². The highest BCUT2D eigenvalue weighted by Crippen LogP contribution is 2.35. The lowest BCUT2D eigenvalue weighted by Gasteiger charge is -2.27. The monoisotopic (exact) mass is 417 g/mol. The van der Waals surface area contributed by atoms with E-state index in [9.17, 15) is 18.0 Å². The van der Waals surface area contributed by atoms with Crippen LogP contribution in [0.25, 0.3) is 22.4 Å². The average Bonchev–Trinajstić information content (AvgIpc) is 3.45. The van der Waals surface area contributed by atoms with Gasteiger partial charge in [-0.3, -0.25) is 4.79 Å². The van der Waals surface area contributed by atoms with Crippen molar-refractivity contribution >= 4 is 17.0 Å². The molecule has 2 heterocycles. The van der Waals surface area contributed by atoms with Crippen molar-refractivity contribution in [1.29, 1.82) is 0 Å². The number of hydrogen-bond acceptors (Lipinski definition) is 4. The predicted molar refractivity (Wildman–Crippen MR) is 106 cm³/mol. The molecule has 3 aromatic rings. The third kappa shape index (κ3) is 3.91. The first-order valence-electron chi connectivity index (χ1n) is 9.90. The summed E-state index contributed by atoms with van der Waals surface area (Å²) in [5.41, 5.74) is 0.727. The van der Waals surface area contributed by atoms with E-state index in [0.717, 1.165) is 25.0 Å². The lowest BCUT2D eigenvalue weighted by Crippen LogP contribution is -2.38. The first-order valence-corrected chi connectivity index (χ1v) is 9.90. The summed E-state index contributed by atoms with van der Waals surface area (Å²) in [6, 6.07) is 6.42. The van der Waals surface area contributed by atoms with Gasteiger partial charge in [0.25, 0.3) is 11.6 Å². The van der Waals surface area contributed by atoms with E-state index >= 15 is 0 Å². The number of pyridine rings is 1. The van der Waals surface area contributed by atoms with E-state index in [1.54, 1.807) is 17.9 Å². The summed E-state index contributed by atoms with van der Waals surface area (Å²) >= 11 is 0. The fraction of sp³-hybridized carbons (Fsp3) is 0.409. The minimum Gasteiger partial charge on any atom is -0.336 e. The molecule has 4 rings (SSSR count). The number of aromatic nitrogens is 2. The fourth-order valence-corrected chi connectivity index (χ4v) is 3.53. The second kappa shape index (κ2) is 7.41. The van der Waals surface area contributed by atoms with Crippen LogP contribution in [0.1, 0.15) is 48.3 Å². The Balaban J connectivity index is 1.83. The number of nitrogens with zero attached hydrogens (tertiary/aromatic N) is 3. The van der Waals surface area contributed by atoms with E-state index in [0.29, 0.717) is 29.1 Å². The van der Waals surface area contributed by atoms with Crippen molar-refractivity contribution in [3.05, 3.63) is 47.2 Å². The van der Waals surface area contributed by atoms with Crippen LogP contribution in [-0.4, -0.2) is 33.5 Å². The first kappa shape index (κ1) is 20.4. The zero-order valence-electron chi connectivity index (χ0n) is 17.0. The fourth-order valence-electron chi connectivity index (χ4n) is 3.53. The highest BCUT2D eigenvalue weighted by atomic mass is 19.4. The Morgan fingerprint density at radius 1 is 1.27 bits per heavy atom. The highest BCUT2D eigenvalue weighted by molar-refractivity contribution is 6.07. The van der Waals surface area contributed by atoms with Gasteiger partial charge in [-0.15, -0.1) is 0 Å². The van der Waals surface area contributed by atoms with Gasteiger partial charge in [-0.05, 0) is 57.7 Å². The zero-order chi connectivity index (χ0) is 21.6. The minimum absolute atomic E-state index is 0.0153. The van der Waals surface area contributed by atoms with Gasteiger partial charge in [-0.25, -0.2) is 4.98 Å². The van der Waals surface area contributed by atoms with Gasteiger partial charge in [0.2, 0.25) is 0 Å². The van der Waals surface area contributed by atoms with Gasteiger partial charge in [0.1, 0.15) is 0 Å². The van der Waals surface area contributed by atoms with Crippen LogP contribution in [-0.2, 0) is 6.18 Å². The summed E-state index contributed by atoms with van der Waals surface area (Å²) < 4.78 is 44.8. The predicted octanol–water partition coefficient (Wildman–Crippen LogP) is 5.48. The molecule has 1 amide bonds. The Labute approximate surface area is 171 Å². The summed E-state index contributed by atoms with van der Waals surface area (Å²) in [7, 11) is 0. The molecule has 30 heavy (non-hydrogen) atoms. The van der Waals surface area contributed by atoms with Gasteiger partial charge in [0.15, 0.2) is 0 Å². The molecular weight excluding hydrogens is 395 g/mol. The van der Waals surface area contributed by atoms with Crippen LogP contribution in [0.2, 0.25) is 0 Å². The number of alkyl halides is 3. The number of benzene rings is 1. The molecule has 1 saturated carbocycles. The largest absolute Gasteiger partial charge is 0.416 e. The molecule has 2 aromatic heterocycles. The van der Waals surface area contributed by atoms with E-state index in [1.165, 1.54) is 12.1 Å². The van der Waals surface area contributed by atoms with Crippen molar-refractivity contribution in [2.24, 2.45) is 5.92 Å². The number of amides is 1. The van der Waals surface area contributed by atoms with Crippen molar-refractivity contribution in [1.82, 2.24) is 15.0 Å². The molecule has 0 aliphatic heterocycles. The number of carbonyl (C=O) groups is 1. The number of fused-ring (bicyclic) bond motifs is 1. The second-order valence-corrected chi connectivity index (χ2v) is 8.08. The summed E-state index contributed by atoms with van der Waals surface area (Å²) in [6.07, 6.45) is -2.27. The normalized spacial score (nSPS) is 14.5. The summed E-state index contributed by atoms with van der Waals surface area (Å²) in [4.78, 5) is 19.6. The van der Waals surface area contributed by atoms with Gasteiger partial charge >= 0.3 is 6.18 Å². The molecule has 8 heteroatoms. The van der Waals surface area contributed by atoms with Gasteiger partial charge in [-0.1, -0.05) is 17.3 Å². The van der Waals surface area contributed by atoms with Gasteiger partial charge in [0, 0.05) is 18.2 Å². The van der Waals surface area contributed by atoms with E-state index < -0.39 is 11.7 Å². The van der Waals surface area contributed by atoms with Gasteiger partial charge in [-0.2, -0.15) is 13.2 Å². The Kier molecular flexibility index (Phi) is 5.03. The third-order valence-corrected chi connectivity index (χ3v) is 5.37. The molecule has 1 aliphatic rings. The second-order valence-electron chi connectivity index (χ2n) is 8.08. The quantitative estimate of drug-likeness (QED) is 0.552. The summed E-state index contributed by atoms with van der Waals surface area (Å²) in [6.45, 7) is 6.28. The van der Waals surface area contributed by atoms with Crippen LogP contribution in [0.15, 0.2) is 34.9 Å². The lowest BCUT2D eigenvalue weighted by molar-refractivity contribution is -0.137. The van der Waals surface area contributed by atoms with Crippen LogP contribution >= 0.6 is 0 Å². The molecule has 1 fully saturated rings. The number of carbonyl (C=O) groups excluding carboxylic acids is 1. The van der Waals surface area contributed by atoms with E-state index in [1.807, 2.05) is 13.8 Å². The number of halogens is 3. The van der Waals surface area contributed by atoms with Crippen LogP contribution in [0.4, 0.5) is 13.2 Å². The third-order valence-electron chi connectivity index (χ3n) is 5.37. The number of hydrogen-bond donors (Lipinski definition) is 0. The molecular formula is C22H22F3N3O2. The van der Waals surface area contributed by atoms with Crippen molar-refractivity contribution in [3.8, 4) is 11.3 Å². The molecule has 0 atom stereocenters. The molecule has 0 spiro atoms. The number of rotatable bonds is 5. The minimum atomic E-state index is -4.47. The Bertz CT molecular complexity index is 1100. The van der Waals surface area contributed by atoms with Crippen molar-refractivity contribution in [2.45, 2.75) is 45.8 Å². The molecule has 0 radical (unpaired) electrons. The first-order chi connectivity index (χ1) is 14.1. The summed E-state index contributed by atoms with van der Waals surface area (Å²) in [5, 5.41) is 4.42. The molecule has 1 aliphatic carbocycles. The zero-order valence-corrected chi connectivity index (χ0v) is 17.0. The van der Waals surface area contributed by atoms with E-state index in [4.69, 9.17) is 4.52 Å². The van der Waals surface area contributed by atoms with Gasteiger partial charge < -0.3 is 9.42 Å². The maximum Gasteiger partial charge on any atom is 0.416 e. The molecule has 0 N–H and O–H groups in total. The standard InChI is InChI=1S/C22H22F3N3O2/c1-12(2)28(11-14-7-8-14)21(29)17-10-18(26-20-19(17)13(3)27-30-20)15-5-4-6-16(9-15)22(23,24)25/h4-6,9-10,12,14H,7-8,11H2,1-3H3. The van der Waals surface area contributed by atoms with Gasteiger partial charge in [0.05, 0.1) is 27.9 Å². The van der Waals surface area contributed by atoms with Crippen LogP contribution < -0.4 is 0 Å². The smallest absolute Gasteiger partial charge is 0.336 e. The molecule has 0 unspecified atom stereocenters. The van der Waals surface area contributed by atoms with Crippen molar-refractivity contribution in [3.63, 3.8) is 0 Å². The molecule has 158 valence electrons. The topological polar surface area (TPSA) is 59.2 Å². The van der Waals surface area contributed by atoms with Crippen molar-refractivity contribution in [2.75, 3.05) is 6.54 Å². The lowest BCUT2D eigenvalue weighted by atomic mass is 10.0. The molecule has 1 aromatic carbocycles. The molecule has 0 bridgehead atoms. The highest BCUT2D eigenvalue weighted by Gasteiger charge is 2.32. The SMILES string of the molecule is Cc1noc2nc(-c3cccc(C(F)(F)F)c3)cc(C(=O)N(CC3CC3)C(C)C)c12. The van der Waals surface area contributed by atoms with Crippen LogP contribution in [0.3, 0.4) is 0 Å². The Morgan fingerprint density at radius 2 is 2.00 bits per heavy atom. The molecule has 0 saturated heterocycles. The Hall–Kier alpha value is -2.90.